The van der Waals surface area contributed by atoms with Crippen LogP contribution in [-0.2, 0) is 0 Å². The second kappa shape index (κ2) is 7.82. The fourth-order valence-corrected chi connectivity index (χ4v) is 5.14. The van der Waals surface area contributed by atoms with Crippen LogP contribution in [0.1, 0.15) is 79.1 Å². The monoisotopic (exact) mass is 279 g/mol. The van der Waals surface area contributed by atoms with Crippen molar-refractivity contribution in [1.82, 2.24) is 5.32 Å². The molecule has 0 aromatic heterocycles. The zero-order valence-corrected chi connectivity index (χ0v) is 14.3. The van der Waals surface area contributed by atoms with Crippen LogP contribution in [0.2, 0.25) is 0 Å². The van der Waals surface area contributed by atoms with Crippen LogP contribution in [0.3, 0.4) is 0 Å². The SMILES string of the molecule is CCCNC(C1CCCC(C)C1)C1CC(C)CC(C)C1. The molecule has 0 saturated heterocycles. The topological polar surface area (TPSA) is 12.0 Å². The first-order valence-electron chi connectivity index (χ1n) is 9.33. The smallest absolute Gasteiger partial charge is 0.0124 e. The molecule has 0 aliphatic heterocycles. The molecule has 118 valence electrons. The summed E-state index contributed by atoms with van der Waals surface area (Å²) in [6.45, 7) is 10.9. The Kier molecular flexibility index (Phi) is 6.39. The minimum Gasteiger partial charge on any atom is -0.313 e. The number of rotatable bonds is 5. The highest BCUT2D eigenvalue weighted by atomic mass is 14.9. The van der Waals surface area contributed by atoms with Gasteiger partial charge in [-0.1, -0.05) is 40.5 Å². The summed E-state index contributed by atoms with van der Waals surface area (Å²) < 4.78 is 0. The van der Waals surface area contributed by atoms with Crippen molar-refractivity contribution in [2.45, 2.75) is 85.1 Å². The Hall–Kier alpha value is -0.0400. The van der Waals surface area contributed by atoms with Gasteiger partial charge in [0.05, 0.1) is 0 Å². The standard InChI is InChI=1S/C19H37N/c1-5-9-20-19(17-8-6-7-14(2)11-17)18-12-15(3)10-16(4)13-18/h14-20H,5-13H2,1-4H3. The summed E-state index contributed by atoms with van der Waals surface area (Å²) in [7, 11) is 0. The van der Waals surface area contributed by atoms with E-state index in [1.807, 2.05) is 0 Å². The molecular weight excluding hydrogens is 242 g/mol. The number of nitrogens with one attached hydrogen (secondary N) is 1. The zero-order chi connectivity index (χ0) is 14.5. The largest absolute Gasteiger partial charge is 0.313 e. The highest BCUT2D eigenvalue weighted by Crippen LogP contribution is 2.40. The van der Waals surface area contributed by atoms with Crippen LogP contribution in [0.4, 0.5) is 0 Å². The van der Waals surface area contributed by atoms with Crippen LogP contribution >= 0.6 is 0 Å². The Morgan fingerprint density at radius 3 is 2.10 bits per heavy atom. The third-order valence-electron chi connectivity index (χ3n) is 5.84. The predicted octanol–water partition coefficient (Wildman–Crippen LogP) is 5.25. The predicted molar refractivity (Wildman–Crippen MR) is 88.9 cm³/mol. The van der Waals surface area contributed by atoms with Gasteiger partial charge in [0.1, 0.15) is 0 Å². The van der Waals surface area contributed by atoms with Crippen molar-refractivity contribution in [2.24, 2.45) is 29.6 Å². The van der Waals surface area contributed by atoms with Crippen molar-refractivity contribution in [3.63, 3.8) is 0 Å². The quantitative estimate of drug-likeness (QED) is 0.724. The molecule has 0 amide bonds. The van der Waals surface area contributed by atoms with Gasteiger partial charge >= 0.3 is 0 Å². The minimum absolute atomic E-state index is 0.808. The summed E-state index contributed by atoms with van der Waals surface area (Å²) >= 11 is 0. The molecule has 0 radical (unpaired) electrons. The van der Waals surface area contributed by atoms with Gasteiger partial charge in [0, 0.05) is 6.04 Å². The maximum atomic E-state index is 3.97. The van der Waals surface area contributed by atoms with E-state index < -0.39 is 0 Å². The third-order valence-corrected chi connectivity index (χ3v) is 5.84. The van der Waals surface area contributed by atoms with Gasteiger partial charge in [-0.15, -0.1) is 0 Å². The van der Waals surface area contributed by atoms with Gasteiger partial charge in [0.25, 0.3) is 0 Å². The molecule has 0 spiro atoms. The van der Waals surface area contributed by atoms with Crippen LogP contribution in [0.25, 0.3) is 0 Å². The molecule has 0 bridgehead atoms. The summed E-state index contributed by atoms with van der Waals surface area (Å²) in [5.74, 6) is 4.73. The molecule has 5 atom stereocenters. The van der Waals surface area contributed by atoms with Gasteiger partial charge in [-0.2, -0.15) is 0 Å². The van der Waals surface area contributed by atoms with E-state index in [4.69, 9.17) is 0 Å². The van der Waals surface area contributed by atoms with E-state index >= 15 is 0 Å². The van der Waals surface area contributed by atoms with E-state index in [0.29, 0.717) is 0 Å². The molecule has 2 saturated carbocycles. The Bertz CT molecular complexity index is 265. The molecule has 1 N–H and O–H groups in total. The molecule has 2 fully saturated rings. The van der Waals surface area contributed by atoms with E-state index in [1.165, 1.54) is 57.9 Å². The molecule has 2 aliphatic rings. The first-order valence-corrected chi connectivity index (χ1v) is 9.33. The van der Waals surface area contributed by atoms with Crippen molar-refractivity contribution in [3.05, 3.63) is 0 Å². The van der Waals surface area contributed by atoms with Crippen LogP contribution in [0.15, 0.2) is 0 Å². The first-order chi connectivity index (χ1) is 9.60. The molecule has 20 heavy (non-hydrogen) atoms. The summed E-state index contributed by atoms with van der Waals surface area (Å²) in [5.41, 5.74) is 0. The maximum Gasteiger partial charge on any atom is 0.0124 e. The molecule has 2 rings (SSSR count). The van der Waals surface area contributed by atoms with Crippen LogP contribution in [-0.4, -0.2) is 12.6 Å². The number of hydrogen-bond donors (Lipinski definition) is 1. The zero-order valence-electron chi connectivity index (χ0n) is 14.3. The van der Waals surface area contributed by atoms with Crippen molar-refractivity contribution < 1.29 is 0 Å². The van der Waals surface area contributed by atoms with Gasteiger partial charge in [-0.25, -0.2) is 0 Å². The van der Waals surface area contributed by atoms with Crippen molar-refractivity contribution in [2.75, 3.05) is 6.54 Å². The maximum absolute atomic E-state index is 3.97. The minimum atomic E-state index is 0.808. The van der Waals surface area contributed by atoms with E-state index in [0.717, 1.165) is 35.6 Å². The molecule has 2 aliphatic carbocycles. The Morgan fingerprint density at radius 2 is 1.50 bits per heavy atom. The van der Waals surface area contributed by atoms with E-state index in [2.05, 4.69) is 33.0 Å². The summed E-state index contributed by atoms with van der Waals surface area (Å²) in [6.07, 6.45) is 11.6. The third kappa shape index (κ3) is 4.48. The molecule has 0 aromatic rings. The molecule has 1 nitrogen and oxygen atoms in total. The van der Waals surface area contributed by atoms with Crippen LogP contribution in [0.5, 0.6) is 0 Å². The van der Waals surface area contributed by atoms with Gasteiger partial charge in [0.15, 0.2) is 0 Å². The fourth-order valence-electron chi connectivity index (χ4n) is 5.14. The molecule has 5 unspecified atom stereocenters. The Morgan fingerprint density at radius 1 is 0.850 bits per heavy atom. The number of hydrogen-bond acceptors (Lipinski definition) is 1. The average Bonchev–Trinajstić information content (AvgIpc) is 2.38. The van der Waals surface area contributed by atoms with Gasteiger partial charge in [-0.05, 0) is 74.7 Å². The summed E-state index contributed by atoms with van der Waals surface area (Å²) in [4.78, 5) is 0. The summed E-state index contributed by atoms with van der Waals surface area (Å²) in [5, 5.41) is 3.97. The van der Waals surface area contributed by atoms with Gasteiger partial charge in [0.2, 0.25) is 0 Å². The van der Waals surface area contributed by atoms with Crippen LogP contribution in [0, 0.1) is 29.6 Å². The highest BCUT2D eigenvalue weighted by molar-refractivity contribution is 4.90. The van der Waals surface area contributed by atoms with Crippen molar-refractivity contribution >= 4 is 0 Å². The molecule has 0 heterocycles. The highest BCUT2D eigenvalue weighted by Gasteiger charge is 2.35. The van der Waals surface area contributed by atoms with E-state index in [-0.39, 0.29) is 0 Å². The lowest BCUT2D eigenvalue weighted by molar-refractivity contribution is 0.114. The van der Waals surface area contributed by atoms with E-state index in [9.17, 15) is 0 Å². The van der Waals surface area contributed by atoms with Crippen molar-refractivity contribution in [3.8, 4) is 0 Å². The van der Waals surface area contributed by atoms with Gasteiger partial charge in [-0.3, -0.25) is 0 Å². The van der Waals surface area contributed by atoms with Gasteiger partial charge < -0.3 is 5.32 Å². The second-order valence-electron chi connectivity index (χ2n) is 8.19. The molecule has 0 aromatic carbocycles. The first kappa shape index (κ1) is 16.3. The van der Waals surface area contributed by atoms with Crippen LogP contribution < -0.4 is 5.32 Å². The molecule has 1 heteroatoms. The Balaban J connectivity index is 2.01. The fraction of sp³-hybridized carbons (Fsp3) is 1.00. The Labute approximate surface area is 127 Å². The van der Waals surface area contributed by atoms with E-state index in [1.54, 1.807) is 0 Å². The molecular formula is C19H37N. The lowest BCUT2D eigenvalue weighted by Gasteiger charge is -2.43. The second-order valence-corrected chi connectivity index (χ2v) is 8.19. The lowest BCUT2D eigenvalue weighted by Crippen LogP contribution is -2.46. The van der Waals surface area contributed by atoms with Crippen molar-refractivity contribution in [1.29, 1.82) is 0 Å². The lowest BCUT2D eigenvalue weighted by atomic mass is 9.67. The summed E-state index contributed by atoms with van der Waals surface area (Å²) in [6, 6.07) is 0.808. The normalized spacial score (nSPS) is 40.5. The average molecular weight is 280 g/mol.